The minimum Gasteiger partial charge on any atom is -0.465 e. The lowest BCUT2D eigenvalue weighted by molar-refractivity contribution is -0.143. The van der Waals surface area contributed by atoms with E-state index in [0.29, 0.717) is 5.69 Å². The maximum Gasteiger partial charge on any atom is 0.337 e. The number of imidazole rings is 1. The Morgan fingerprint density at radius 1 is 1.22 bits per heavy atom. The molecule has 2 aromatic heterocycles. The molecule has 0 atom stereocenters. The fourth-order valence-electron chi connectivity index (χ4n) is 2.90. The van der Waals surface area contributed by atoms with Crippen LogP contribution in [0.1, 0.15) is 26.8 Å². The molecule has 0 saturated carbocycles. The van der Waals surface area contributed by atoms with Crippen LogP contribution in [0, 0.1) is 5.82 Å². The molecule has 8 nitrogen and oxygen atoms in total. The molecule has 0 N–H and O–H groups in total. The van der Waals surface area contributed by atoms with Crippen LogP contribution < -0.4 is 11.2 Å². The molecule has 3 rings (SSSR count). The summed E-state index contributed by atoms with van der Waals surface area (Å²) in [5.41, 5.74) is -0.582. The second-order valence-electron chi connectivity index (χ2n) is 6.21. The van der Waals surface area contributed by atoms with Crippen LogP contribution in [0.4, 0.5) is 4.39 Å². The van der Waals surface area contributed by atoms with Crippen molar-refractivity contribution in [3.05, 3.63) is 57.2 Å². The number of aromatic nitrogens is 4. The summed E-state index contributed by atoms with van der Waals surface area (Å²) in [6, 6.07) is 4.86. The minimum atomic E-state index is -0.588. The molecular formula is C18H19FN4O4. The molecule has 0 radical (unpaired) electrons. The van der Waals surface area contributed by atoms with Crippen molar-refractivity contribution in [1.29, 1.82) is 0 Å². The van der Waals surface area contributed by atoms with Gasteiger partial charge in [-0.05, 0) is 45.0 Å². The first kappa shape index (κ1) is 18.6. The molecule has 1 aromatic carbocycles. The van der Waals surface area contributed by atoms with E-state index in [1.165, 1.54) is 39.7 Å². The Balaban J connectivity index is 2.34. The second kappa shape index (κ2) is 7.18. The first-order valence-corrected chi connectivity index (χ1v) is 8.49. The maximum absolute atomic E-state index is 13.3. The summed E-state index contributed by atoms with van der Waals surface area (Å²) >= 11 is 0. The number of hydrogen-bond donors (Lipinski definition) is 0. The Hall–Kier alpha value is -3.23. The Morgan fingerprint density at radius 3 is 2.48 bits per heavy atom. The van der Waals surface area contributed by atoms with Crippen LogP contribution in [0.25, 0.3) is 16.9 Å². The van der Waals surface area contributed by atoms with Crippen LogP contribution in [0.5, 0.6) is 0 Å². The molecule has 0 spiro atoms. The Kier molecular flexibility index (Phi) is 4.93. The number of carbonyl (C=O) groups excluding carboxylic acids is 1. The van der Waals surface area contributed by atoms with Gasteiger partial charge in [-0.2, -0.15) is 0 Å². The number of rotatable bonds is 5. The third kappa shape index (κ3) is 3.27. The van der Waals surface area contributed by atoms with E-state index in [2.05, 4.69) is 4.98 Å². The number of ether oxygens (including phenoxy) is 1. The third-order valence-corrected chi connectivity index (χ3v) is 4.05. The molecular weight excluding hydrogens is 355 g/mol. The van der Waals surface area contributed by atoms with Crippen molar-refractivity contribution in [1.82, 2.24) is 18.7 Å². The number of hydrogen-bond acceptors (Lipinski definition) is 5. The predicted octanol–water partition coefficient (Wildman–Crippen LogP) is 1.63. The van der Waals surface area contributed by atoms with Crippen LogP contribution in [0.15, 0.2) is 40.2 Å². The highest BCUT2D eigenvalue weighted by Gasteiger charge is 2.21. The van der Waals surface area contributed by atoms with Gasteiger partial charge in [0, 0.05) is 6.04 Å². The van der Waals surface area contributed by atoms with Crippen molar-refractivity contribution in [2.45, 2.75) is 33.4 Å². The summed E-state index contributed by atoms with van der Waals surface area (Å²) < 4.78 is 21.9. The van der Waals surface area contributed by atoms with Gasteiger partial charge in [0.2, 0.25) is 0 Å². The molecule has 2 heterocycles. The fourth-order valence-corrected chi connectivity index (χ4v) is 2.90. The van der Waals surface area contributed by atoms with E-state index in [1.54, 1.807) is 20.8 Å². The maximum atomic E-state index is 13.3. The smallest absolute Gasteiger partial charge is 0.337 e. The molecule has 0 aliphatic rings. The lowest BCUT2D eigenvalue weighted by Gasteiger charge is -2.14. The highest BCUT2D eigenvalue weighted by Crippen LogP contribution is 2.15. The zero-order valence-corrected chi connectivity index (χ0v) is 15.2. The Labute approximate surface area is 153 Å². The van der Waals surface area contributed by atoms with Crippen molar-refractivity contribution >= 4 is 17.1 Å². The van der Waals surface area contributed by atoms with Crippen LogP contribution in [0.2, 0.25) is 0 Å². The number of esters is 1. The van der Waals surface area contributed by atoms with Crippen molar-refractivity contribution in [3.8, 4) is 5.69 Å². The van der Waals surface area contributed by atoms with Gasteiger partial charge in [-0.25, -0.2) is 18.7 Å². The largest absolute Gasteiger partial charge is 0.465 e. The van der Waals surface area contributed by atoms with Gasteiger partial charge in [-0.1, -0.05) is 0 Å². The van der Waals surface area contributed by atoms with Crippen LogP contribution in [-0.4, -0.2) is 31.3 Å². The molecule has 0 fully saturated rings. The first-order chi connectivity index (χ1) is 12.8. The minimum absolute atomic E-state index is 0.0952. The predicted molar refractivity (Wildman–Crippen MR) is 96.6 cm³/mol. The monoisotopic (exact) mass is 374 g/mol. The highest BCUT2D eigenvalue weighted by molar-refractivity contribution is 5.76. The van der Waals surface area contributed by atoms with Crippen molar-refractivity contribution < 1.29 is 13.9 Å². The molecule has 0 aliphatic carbocycles. The van der Waals surface area contributed by atoms with Gasteiger partial charge in [0.25, 0.3) is 5.56 Å². The zero-order valence-electron chi connectivity index (χ0n) is 15.2. The van der Waals surface area contributed by atoms with Crippen molar-refractivity contribution in [2.24, 2.45) is 0 Å². The molecule has 0 aliphatic heterocycles. The van der Waals surface area contributed by atoms with E-state index in [0.717, 1.165) is 4.57 Å². The number of halogens is 1. The van der Waals surface area contributed by atoms with Gasteiger partial charge in [0.05, 0.1) is 18.6 Å². The first-order valence-electron chi connectivity index (χ1n) is 8.49. The molecule has 0 saturated heterocycles. The van der Waals surface area contributed by atoms with E-state index in [-0.39, 0.29) is 24.3 Å². The molecule has 3 aromatic rings. The number of carbonyl (C=O) groups is 1. The van der Waals surface area contributed by atoms with E-state index >= 15 is 0 Å². The fraction of sp³-hybridized carbons (Fsp3) is 0.333. The lowest BCUT2D eigenvalue weighted by Crippen LogP contribution is -2.41. The summed E-state index contributed by atoms with van der Waals surface area (Å²) in [6.07, 6.45) is 1.31. The number of benzene rings is 1. The molecule has 142 valence electrons. The summed E-state index contributed by atoms with van der Waals surface area (Å²) in [5.74, 6) is -0.972. The van der Waals surface area contributed by atoms with Gasteiger partial charge in [0.1, 0.15) is 12.4 Å². The summed E-state index contributed by atoms with van der Waals surface area (Å²) in [6.45, 7) is 5.09. The van der Waals surface area contributed by atoms with Crippen molar-refractivity contribution in [3.63, 3.8) is 0 Å². The van der Waals surface area contributed by atoms with Crippen LogP contribution in [0.3, 0.4) is 0 Å². The average molecular weight is 374 g/mol. The van der Waals surface area contributed by atoms with Gasteiger partial charge < -0.3 is 9.30 Å². The normalized spacial score (nSPS) is 11.3. The van der Waals surface area contributed by atoms with E-state index in [9.17, 15) is 18.8 Å². The lowest BCUT2D eigenvalue weighted by atomic mass is 10.3. The zero-order chi connectivity index (χ0) is 19.7. The van der Waals surface area contributed by atoms with Gasteiger partial charge in [-0.15, -0.1) is 0 Å². The van der Waals surface area contributed by atoms with Gasteiger partial charge >= 0.3 is 11.7 Å². The standard InChI is InChI=1S/C18H19FN4O4/c1-4-27-14(24)9-21-10-20-16-15(21)17(25)22(11(2)3)18(26)23(16)13-7-5-12(19)6-8-13/h5-8,10-11H,4,9H2,1-3H3. The van der Waals surface area contributed by atoms with Crippen LogP contribution in [-0.2, 0) is 16.1 Å². The highest BCUT2D eigenvalue weighted by atomic mass is 19.1. The molecule has 0 unspecified atom stereocenters. The van der Waals surface area contributed by atoms with Gasteiger partial charge in [0.15, 0.2) is 11.2 Å². The number of nitrogens with zero attached hydrogens (tertiary/aromatic N) is 4. The Bertz CT molecular complexity index is 1110. The quantitative estimate of drug-likeness (QED) is 0.634. The average Bonchev–Trinajstić information content (AvgIpc) is 3.00. The molecule has 0 bridgehead atoms. The Morgan fingerprint density at radius 2 is 1.89 bits per heavy atom. The number of fused-ring (bicyclic) bond motifs is 1. The van der Waals surface area contributed by atoms with Gasteiger partial charge in [-0.3, -0.25) is 14.2 Å². The van der Waals surface area contributed by atoms with Crippen molar-refractivity contribution in [2.75, 3.05) is 6.61 Å². The summed E-state index contributed by atoms with van der Waals surface area (Å²) in [7, 11) is 0. The second-order valence-corrected chi connectivity index (χ2v) is 6.21. The SMILES string of the molecule is CCOC(=O)Cn1cnc2c1c(=O)n(C(C)C)c(=O)n2-c1ccc(F)cc1. The van der Waals surface area contributed by atoms with E-state index in [1.807, 2.05) is 0 Å². The molecule has 9 heteroatoms. The topological polar surface area (TPSA) is 88.1 Å². The molecule has 27 heavy (non-hydrogen) atoms. The van der Waals surface area contributed by atoms with Crippen LogP contribution >= 0.6 is 0 Å². The van der Waals surface area contributed by atoms with E-state index in [4.69, 9.17) is 4.74 Å². The van der Waals surface area contributed by atoms with E-state index < -0.39 is 29.1 Å². The third-order valence-electron chi connectivity index (χ3n) is 4.05. The summed E-state index contributed by atoms with van der Waals surface area (Å²) in [5, 5.41) is 0. The molecule has 0 amide bonds. The summed E-state index contributed by atoms with van der Waals surface area (Å²) in [4.78, 5) is 41.9.